The minimum Gasteiger partial charge on any atom is -0.492 e. The Morgan fingerprint density at radius 1 is 0.306 bits per heavy atom. The number of hydrogen-bond acceptors (Lipinski definition) is 31. The molecular formula is C65H103N21O22. The molecule has 3 atom stereocenters. The molecule has 0 spiro atoms. The maximum Gasteiger partial charge on any atom is 0.317 e. The molecule has 0 amide bonds. The predicted molar refractivity (Wildman–Crippen MR) is 379 cm³/mol. The number of ether oxygens (including phenoxy) is 1. The monoisotopic (exact) mass is 1530 g/mol. The van der Waals surface area contributed by atoms with Crippen molar-refractivity contribution in [3.05, 3.63) is 30.7 Å². The van der Waals surface area contributed by atoms with Crippen LogP contribution >= 0.6 is 0 Å². The third-order valence-corrected chi connectivity index (χ3v) is 18.5. The lowest BCUT2D eigenvalue weighted by atomic mass is 9.98. The molecule has 43 heteroatoms. The third-order valence-electron chi connectivity index (χ3n) is 18.5. The number of hydrogen-bond donors (Lipinski definition) is 12. The van der Waals surface area contributed by atoms with Crippen LogP contribution in [0.5, 0.6) is 5.75 Å². The van der Waals surface area contributed by atoms with Crippen molar-refractivity contribution in [2.75, 3.05) is 242 Å². The van der Waals surface area contributed by atoms with Gasteiger partial charge in [0.15, 0.2) is 0 Å². The highest BCUT2D eigenvalue weighted by molar-refractivity contribution is 5.85. The average molecular weight is 1530 g/mol. The smallest absolute Gasteiger partial charge is 0.317 e. The summed E-state index contributed by atoms with van der Waals surface area (Å²) < 4.78 is 10.7. The first kappa shape index (κ1) is 86.3. The number of β-amino-alcohol motifs (C(OH)–C–C–N with tert-alkyl or cyclic N) is 3. The lowest BCUT2D eigenvalue weighted by molar-refractivity contribution is -0.140. The van der Waals surface area contributed by atoms with Gasteiger partial charge in [0, 0.05) is 193 Å². The summed E-state index contributed by atoms with van der Waals surface area (Å²) in [6, 6.07) is 3.45. The van der Waals surface area contributed by atoms with Crippen LogP contribution in [0.4, 0.5) is 0 Å². The van der Waals surface area contributed by atoms with Gasteiger partial charge < -0.3 is 66.0 Å². The molecule has 3 aliphatic heterocycles. The predicted octanol–water partition coefficient (Wildman–Crippen LogP) is -6.63. The number of aromatic nitrogens is 9. The number of nitrogens with zero attached hydrogens (tertiary/aromatic N) is 21. The highest BCUT2D eigenvalue weighted by Gasteiger charge is 2.29. The van der Waals surface area contributed by atoms with Crippen molar-refractivity contribution in [2.45, 2.75) is 44.9 Å². The molecule has 0 saturated carbocycles. The molecule has 43 nitrogen and oxygen atoms in total. The van der Waals surface area contributed by atoms with E-state index in [2.05, 4.69) is 30.9 Å². The van der Waals surface area contributed by atoms with Gasteiger partial charge in [-0.25, -0.2) is 14.0 Å². The molecule has 7 rings (SSSR count). The standard InChI is InChI=1S/C65H103N21O22/c1-2-108-65-51(54-36-85(70-67-54)33-49(88)30-73-5-11-77(40-58(94)95)17-23-82(45-63(104)105)24-18-78(12-6-73)41-59(96)97)27-47(53-35-84(69-66-53)32-48(87)29-72-3-9-75(38-56(90)91)15-21-81(44-62(102)103)22-16-76(10-4-72)39-57(92)93)28-52(65)55-37-86(71-68-55)34-50(89)31-74-7-13-79(42-60(98)99)19-25-83(46-64(106)107)26-20-80(14-8-74)43-61(100)101/h27-28,35-37,48-50,87-89H,2-26,29-34,38-46H2,1H3,(H,90,91)(H,92,93)(H,94,95)(H,96,97)(H,98,99)(H,100,101)(H,102,103)(H,104,105)(H,106,107). The number of aliphatic hydroxyl groups excluding tert-OH is 3. The van der Waals surface area contributed by atoms with Gasteiger partial charge in [-0.3, -0.25) is 102 Å². The Labute approximate surface area is 622 Å². The number of benzene rings is 1. The second-order valence-electron chi connectivity index (χ2n) is 27.2. The molecule has 108 heavy (non-hydrogen) atoms. The number of rotatable bonds is 35. The van der Waals surface area contributed by atoms with Crippen LogP contribution in [0, 0.1) is 0 Å². The zero-order chi connectivity index (χ0) is 78.4. The van der Waals surface area contributed by atoms with Gasteiger partial charge in [0.05, 0.1) is 122 Å². The summed E-state index contributed by atoms with van der Waals surface area (Å²) in [6.45, 7) is 3.80. The molecule has 3 saturated heterocycles. The first-order valence-electron chi connectivity index (χ1n) is 35.7. The van der Waals surface area contributed by atoms with E-state index in [1.165, 1.54) is 14.0 Å². The average Bonchev–Trinajstić information content (AvgIpc) is 1.61. The summed E-state index contributed by atoms with van der Waals surface area (Å²) in [4.78, 5) is 128. The van der Waals surface area contributed by atoms with E-state index in [0.717, 1.165) is 0 Å². The van der Waals surface area contributed by atoms with E-state index in [4.69, 9.17) is 4.74 Å². The summed E-state index contributed by atoms with van der Waals surface area (Å²) in [5, 5.41) is 150. The minimum absolute atomic E-state index is 0.0252. The van der Waals surface area contributed by atoms with Crippen molar-refractivity contribution in [2.24, 2.45) is 0 Å². The molecule has 3 unspecified atom stereocenters. The highest BCUT2D eigenvalue weighted by Crippen LogP contribution is 2.41. The molecule has 3 aromatic heterocycles. The van der Waals surface area contributed by atoms with Gasteiger partial charge in [0.25, 0.3) is 0 Å². The Morgan fingerprint density at radius 2 is 0.491 bits per heavy atom. The van der Waals surface area contributed by atoms with Gasteiger partial charge in [-0.2, -0.15) is 0 Å². The molecule has 3 fully saturated rings. The van der Waals surface area contributed by atoms with E-state index in [-0.39, 0.29) is 285 Å². The minimum atomic E-state index is -1.13. The van der Waals surface area contributed by atoms with Crippen molar-refractivity contribution in [1.29, 1.82) is 0 Å². The zero-order valence-electron chi connectivity index (χ0n) is 60.7. The molecule has 12 N–H and O–H groups in total. The summed E-state index contributed by atoms with van der Waals surface area (Å²) >= 11 is 0. The van der Waals surface area contributed by atoms with Crippen molar-refractivity contribution >= 4 is 53.7 Å². The Kier molecular flexibility index (Phi) is 35.1. The second-order valence-corrected chi connectivity index (χ2v) is 27.2. The normalized spacial score (nSPS) is 19.1. The number of carboxylic acid groups (broad SMARTS) is 9. The zero-order valence-corrected chi connectivity index (χ0v) is 60.7. The lowest BCUT2D eigenvalue weighted by Crippen LogP contribution is -2.49. The maximum absolute atomic E-state index is 12.0. The molecule has 1 aromatic carbocycles. The van der Waals surface area contributed by atoms with E-state index in [1.54, 1.807) is 81.7 Å². The van der Waals surface area contributed by atoms with Crippen LogP contribution in [0.1, 0.15) is 6.92 Å². The van der Waals surface area contributed by atoms with E-state index >= 15 is 0 Å². The first-order valence-corrected chi connectivity index (χ1v) is 35.7. The molecule has 0 aliphatic carbocycles. The number of carbonyl (C=O) groups is 9. The quantitative estimate of drug-likeness (QED) is 0.0204. The fraction of sp³-hybridized carbons (Fsp3) is 0.677. The van der Waals surface area contributed by atoms with Crippen LogP contribution in [0.2, 0.25) is 0 Å². The van der Waals surface area contributed by atoms with E-state index in [9.17, 15) is 104 Å². The fourth-order valence-corrected chi connectivity index (χ4v) is 13.1. The van der Waals surface area contributed by atoms with Gasteiger partial charge in [0.2, 0.25) is 0 Å². The molecular weight excluding hydrogens is 1430 g/mol. The first-order chi connectivity index (χ1) is 51.5. The third kappa shape index (κ3) is 31.3. The molecule has 3 aliphatic rings. The van der Waals surface area contributed by atoms with Crippen molar-refractivity contribution in [3.8, 4) is 39.5 Å². The second kappa shape index (κ2) is 43.9. The Morgan fingerprint density at radius 3 is 0.685 bits per heavy atom. The topological polar surface area (TPSA) is 537 Å². The van der Waals surface area contributed by atoms with E-state index < -0.39 is 72.0 Å². The SMILES string of the molecule is CCOc1c(-c2cn(CC(O)CN3CCN(CC(=O)O)CCN(CC(=O)O)CCN(CC(=O)O)CC3)nn2)cc(-c2cn(CC(O)CN3CCN(CC(=O)O)CCN(CC(=O)O)CCN(CC(=O)O)CC3)nn2)cc1-c1cn(CC(O)CN2CCN(CC(=O)O)CCN(CC(=O)O)CCN(CC(=O)O)CC2)nn1. The Bertz CT molecular complexity index is 3320. The molecule has 6 heterocycles. The largest absolute Gasteiger partial charge is 0.492 e. The summed E-state index contributed by atoms with van der Waals surface area (Å²) in [5.74, 6) is -9.55. The van der Waals surface area contributed by atoms with E-state index in [0.29, 0.717) is 16.7 Å². The molecule has 600 valence electrons. The van der Waals surface area contributed by atoms with Gasteiger partial charge in [-0.15, -0.1) is 15.3 Å². The van der Waals surface area contributed by atoms with Crippen molar-refractivity contribution in [3.63, 3.8) is 0 Å². The van der Waals surface area contributed by atoms with Crippen LogP contribution in [-0.4, -0.2) is 479 Å². The maximum atomic E-state index is 12.0. The van der Waals surface area contributed by atoms with Gasteiger partial charge in [-0.1, -0.05) is 15.6 Å². The van der Waals surface area contributed by atoms with Crippen LogP contribution in [-0.2, 0) is 62.8 Å². The van der Waals surface area contributed by atoms with Crippen LogP contribution in [0.15, 0.2) is 30.7 Å². The van der Waals surface area contributed by atoms with Crippen LogP contribution < -0.4 is 4.74 Å². The lowest BCUT2D eigenvalue weighted by Gasteiger charge is -2.33. The summed E-state index contributed by atoms with van der Waals surface area (Å²) in [5.41, 5.74) is 1.92. The Balaban J connectivity index is 1.17. The number of aliphatic carboxylic acids is 9. The molecule has 4 aromatic rings. The van der Waals surface area contributed by atoms with Gasteiger partial charge in [-0.05, 0) is 19.1 Å². The van der Waals surface area contributed by atoms with Gasteiger partial charge in [0.1, 0.15) is 22.8 Å². The van der Waals surface area contributed by atoms with Crippen molar-refractivity contribution in [1.82, 2.24) is 104 Å². The van der Waals surface area contributed by atoms with Gasteiger partial charge >= 0.3 is 53.7 Å². The number of aliphatic hydroxyl groups is 3. The van der Waals surface area contributed by atoms with E-state index in [1.807, 2.05) is 14.7 Å². The summed E-state index contributed by atoms with van der Waals surface area (Å²) in [7, 11) is 0. The summed E-state index contributed by atoms with van der Waals surface area (Å²) in [6.07, 6.45) is 1.38. The fourth-order valence-electron chi connectivity index (χ4n) is 13.1. The molecule has 0 bridgehead atoms. The Hall–Kier alpha value is -8.93. The molecule has 0 radical (unpaired) electrons. The van der Waals surface area contributed by atoms with Crippen LogP contribution in [0.3, 0.4) is 0 Å². The van der Waals surface area contributed by atoms with Crippen molar-refractivity contribution < 1.29 is 109 Å². The number of carboxylic acids is 9. The highest BCUT2D eigenvalue weighted by atomic mass is 16.5. The van der Waals surface area contributed by atoms with Crippen LogP contribution in [0.25, 0.3) is 33.8 Å².